The molecule has 0 radical (unpaired) electrons. The van der Waals surface area contributed by atoms with Crippen LogP contribution in [-0.4, -0.2) is 15.9 Å². The van der Waals surface area contributed by atoms with E-state index in [4.69, 9.17) is 4.74 Å². The van der Waals surface area contributed by atoms with E-state index in [2.05, 4.69) is 29.8 Å². The molecule has 0 aromatic heterocycles. The second-order valence-corrected chi connectivity index (χ2v) is 6.51. The number of hydrogen-bond donors (Lipinski definition) is 0. The summed E-state index contributed by atoms with van der Waals surface area (Å²) in [4.78, 5) is 11.1. The number of halogens is 1. The van der Waals surface area contributed by atoms with Crippen LogP contribution in [0.2, 0.25) is 0 Å². The molecule has 110 valence electrons. The molecule has 0 amide bonds. The lowest BCUT2D eigenvalue weighted by molar-refractivity contribution is -0.385. The summed E-state index contributed by atoms with van der Waals surface area (Å²) >= 11 is 3.73. The zero-order valence-corrected chi connectivity index (χ0v) is 13.6. The van der Waals surface area contributed by atoms with E-state index in [9.17, 15) is 10.1 Å². The van der Waals surface area contributed by atoms with Gasteiger partial charge >= 0.3 is 0 Å². The molecule has 1 saturated carbocycles. The second kappa shape index (κ2) is 5.72. The van der Waals surface area contributed by atoms with Crippen molar-refractivity contribution in [1.82, 2.24) is 0 Å². The number of nitro benzene ring substituents is 1. The summed E-state index contributed by atoms with van der Waals surface area (Å²) < 4.78 is 6.11. The second-order valence-electron chi connectivity index (χ2n) is 5.41. The van der Waals surface area contributed by atoms with E-state index in [1.54, 1.807) is 13.0 Å². The van der Waals surface area contributed by atoms with Gasteiger partial charge in [0, 0.05) is 16.3 Å². The molecule has 1 aromatic rings. The van der Waals surface area contributed by atoms with Crippen molar-refractivity contribution in [2.75, 3.05) is 0 Å². The molecule has 1 aliphatic carbocycles. The average Bonchev–Trinajstić information content (AvgIpc) is 2.41. The minimum Gasteiger partial charge on any atom is -0.489 e. The van der Waals surface area contributed by atoms with Gasteiger partial charge in [-0.05, 0) is 32.3 Å². The van der Waals surface area contributed by atoms with Crippen LogP contribution in [0.25, 0.3) is 0 Å². The molecule has 0 spiro atoms. The summed E-state index contributed by atoms with van der Waals surface area (Å²) in [5.41, 5.74) is 0.865. The lowest BCUT2D eigenvalue weighted by Crippen LogP contribution is -2.56. The fraction of sp³-hybridized carbons (Fsp3) is 0.600. The van der Waals surface area contributed by atoms with E-state index in [1.807, 2.05) is 6.07 Å². The minimum absolute atomic E-state index is 0.121. The molecule has 0 aliphatic heterocycles. The third kappa shape index (κ3) is 2.32. The smallest absolute Gasteiger partial charge is 0.276 e. The van der Waals surface area contributed by atoms with Gasteiger partial charge in [0.15, 0.2) is 0 Å². The highest BCUT2D eigenvalue weighted by Crippen LogP contribution is 2.53. The molecule has 2 rings (SSSR count). The third-order valence-electron chi connectivity index (χ3n) is 4.72. The first-order valence-electron chi connectivity index (χ1n) is 7.01. The monoisotopic (exact) mass is 341 g/mol. The SMILES string of the molecule is CCC1(CC)C(Br)CC1Oc1cccc([N+](=O)[O-])c1C. The molecular formula is C15H20BrNO3. The largest absolute Gasteiger partial charge is 0.489 e. The van der Waals surface area contributed by atoms with Crippen LogP contribution < -0.4 is 4.74 Å². The predicted molar refractivity (Wildman–Crippen MR) is 82.6 cm³/mol. The lowest BCUT2D eigenvalue weighted by Gasteiger charge is -2.52. The van der Waals surface area contributed by atoms with Gasteiger partial charge in [0.1, 0.15) is 11.9 Å². The molecule has 2 atom stereocenters. The Bertz CT molecular complexity index is 514. The standard InChI is InChI=1S/C15H20BrNO3/c1-4-15(5-2)13(16)9-14(15)20-12-8-6-7-11(10(12)3)17(18)19/h6-8,13-14H,4-5,9H2,1-3H3. The molecular weight excluding hydrogens is 322 g/mol. The number of hydrogen-bond acceptors (Lipinski definition) is 3. The molecule has 1 aliphatic rings. The van der Waals surface area contributed by atoms with Gasteiger partial charge in [-0.3, -0.25) is 10.1 Å². The Kier molecular flexibility index (Phi) is 4.37. The molecule has 0 heterocycles. The molecule has 2 unspecified atom stereocenters. The van der Waals surface area contributed by atoms with Gasteiger partial charge in [-0.1, -0.05) is 35.8 Å². The van der Waals surface area contributed by atoms with E-state index in [1.165, 1.54) is 6.07 Å². The Hall–Kier alpha value is -1.10. The van der Waals surface area contributed by atoms with Crippen LogP contribution >= 0.6 is 15.9 Å². The topological polar surface area (TPSA) is 52.4 Å². The van der Waals surface area contributed by atoms with Crippen LogP contribution in [0.5, 0.6) is 5.75 Å². The Morgan fingerprint density at radius 1 is 1.45 bits per heavy atom. The summed E-state index contributed by atoms with van der Waals surface area (Å²) in [6.07, 6.45) is 3.16. The Labute approximate surface area is 127 Å². The van der Waals surface area contributed by atoms with Crippen molar-refractivity contribution in [1.29, 1.82) is 0 Å². The highest BCUT2D eigenvalue weighted by Gasteiger charge is 2.53. The van der Waals surface area contributed by atoms with Gasteiger partial charge in [-0.25, -0.2) is 0 Å². The molecule has 5 heteroatoms. The van der Waals surface area contributed by atoms with Gasteiger partial charge in [0.2, 0.25) is 0 Å². The first-order chi connectivity index (χ1) is 9.46. The van der Waals surface area contributed by atoms with Crippen molar-refractivity contribution in [3.8, 4) is 5.75 Å². The van der Waals surface area contributed by atoms with Crippen molar-refractivity contribution in [3.05, 3.63) is 33.9 Å². The average molecular weight is 342 g/mol. The van der Waals surface area contributed by atoms with E-state index in [0.717, 1.165) is 19.3 Å². The summed E-state index contributed by atoms with van der Waals surface area (Å²) in [6, 6.07) is 5.02. The van der Waals surface area contributed by atoms with Crippen molar-refractivity contribution >= 4 is 21.6 Å². The molecule has 0 N–H and O–H groups in total. The first kappa shape index (κ1) is 15.3. The van der Waals surface area contributed by atoms with Gasteiger partial charge in [0.05, 0.1) is 10.5 Å². The highest BCUT2D eigenvalue weighted by atomic mass is 79.9. The summed E-state index contributed by atoms with van der Waals surface area (Å²) in [7, 11) is 0. The van der Waals surface area contributed by atoms with Crippen LogP contribution in [0.3, 0.4) is 0 Å². The van der Waals surface area contributed by atoms with Crippen molar-refractivity contribution in [2.45, 2.75) is 51.0 Å². The zero-order valence-electron chi connectivity index (χ0n) is 12.1. The third-order valence-corrected chi connectivity index (χ3v) is 6.01. The van der Waals surface area contributed by atoms with E-state index in [-0.39, 0.29) is 22.1 Å². The van der Waals surface area contributed by atoms with Crippen molar-refractivity contribution in [2.24, 2.45) is 5.41 Å². The van der Waals surface area contributed by atoms with E-state index in [0.29, 0.717) is 16.1 Å². The first-order valence-corrected chi connectivity index (χ1v) is 7.92. The van der Waals surface area contributed by atoms with Crippen LogP contribution in [-0.2, 0) is 0 Å². The number of benzene rings is 1. The quantitative estimate of drug-likeness (QED) is 0.446. The number of alkyl halides is 1. The zero-order chi connectivity index (χ0) is 14.9. The lowest BCUT2D eigenvalue weighted by atomic mass is 9.62. The fourth-order valence-corrected chi connectivity index (χ4v) is 4.38. The minimum atomic E-state index is -0.358. The molecule has 1 aromatic carbocycles. The van der Waals surface area contributed by atoms with Crippen molar-refractivity contribution in [3.63, 3.8) is 0 Å². The van der Waals surface area contributed by atoms with Crippen LogP contribution in [0.15, 0.2) is 18.2 Å². The number of nitro groups is 1. The van der Waals surface area contributed by atoms with Gasteiger partial charge in [0.25, 0.3) is 5.69 Å². The molecule has 1 fully saturated rings. The Morgan fingerprint density at radius 2 is 2.10 bits per heavy atom. The van der Waals surface area contributed by atoms with E-state index >= 15 is 0 Å². The normalized spacial score (nSPS) is 24.0. The molecule has 0 saturated heterocycles. The van der Waals surface area contributed by atoms with E-state index < -0.39 is 0 Å². The number of rotatable bonds is 5. The maximum Gasteiger partial charge on any atom is 0.276 e. The van der Waals surface area contributed by atoms with Gasteiger partial charge in [-0.2, -0.15) is 0 Å². The van der Waals surface area contributed by atoms with Gasteiger partial charge < -0.3 is 4.74 Å². The fourth-order valence-electron chi connectivity index (χ4n) is 3.09. The Balaban J connectivity index is 2.23. The maximum atomic E-state index is 11.0. The maximum absolute atomic E-state index is 11.0. The summed E-state index contributed by atoms with van der Waals surface area (Å²) in [6.45, 7) is 6.10. The highest BCUT2D eigenvalue weighted by molar-refractivity contribution is 9.09. The number of nitrogens with zero attached hydrogens (tertiary/aromatic N) is 1. The van der Waals surface area contributed by atoms with Gasteiger partial charge in [-0.15, -0.1) is 0 Å². The van der Waals surface area contributed by atoms with Crippen LogP contribution in [0.1, 0.15) is 38.7 Å². The van der Waals surface area contributed by atoms with Crippen LogP contribution in [0.4, 0.5) is 5.69 Å². The molecule has 4 nitrogen and oxygen atoms in total. The Morgan fingerprint density at radius 3 is 2.60 bits per heavy atom. The molecule has 0 bridgehead atoms. The van der Waals surface area contributed by atoms with Crippen LogP contribution in [0, 0.1) is 22.5 Å². The number of ether oxygens (including phenoxy) is 1. The predicted octanol–water partition coefficient (Wildman–Crippen LogP) is 4.62. The summed E-state index contributed by atoms with van der Waals surface area (Å²) in [5.74, 6) is 0.634. The van der Waals surface area contributed by atoms with Crippen molar-refractivity contribution < 1.29 is 9.66 Å². The molecule has 20 heavy (non-hydrogen) atoms. The summed E-state index contributed by atoms with van der Waals surface area (Å²) in [5, 5.41) is 11.0.